The molecule has 0 N–H and O–H groups in total. The van der Waals surface area contributed by atoms with Crippen LogP contribution in [0.25, 0.3) is 0 Å². The Balaban J connectivity index is 1.48. The van der Waals surface area contributed by atoms with Gasteiger partial charge in [-0.15, -0.1) is 0 Å². The number of benzene rings is 1. The minimum Gasteiger partial charge on any atom is -0.444 e. The van der Waals surface area contributed by atoms with E-state index in [0.717, 1.165) is 52.0 Å². The van der Waals surface area contributed by atoms with Gasteiger partial charge in [-0.25, -0.2) is 4.79 Å². The lowest BCUT2D eigenvalue weighted by Crippen LogP contribution is -2.46. The summed E-state index contributed by atoms with van der Waals surface area (Å²) >= 11 is 0. The van der Waals surface area contributed by atoms with Gasteiger partial charge in [0, 0.05) is 38.5 Å². The lowest BCUT2D eigenvalue weighted by Gasteiger charge is -2.39. The van der Waals surface area contributed by atoms with Crippen LogP contribution in [0.4, 0.5) is 10.5 Å². The largest absolute Gasteiger partial charge is 0.444 e. The van der Waals surface area contributed by atoms with Gasteiger partial charge in [-0.1, -0.05) is 32.9 Å². The second-order valence-electron chi connectivity index (χ2n) is 12.7. The molecule has 5 nitrogen and oxygen atoms in total. The summed E-state index contributed by atoms with van der Waals surface area (Å²) in [5, 5.41) is 0.256. The van der Waals surface area contributed by atoms with Crippen molar-refractivity contribution >= 4 is 20.1 Å². The second kappa shape index (κ2) is 9.61. The highest BCUT2D eigenvalue weighted by Gasteiger charge is 2.42. The molecule has 0 bridgehead atoms. The molecule has 0 aromatic heterocycles. The first kappa shape index (κ1) is 26.1. The first-order valence-corrected chi connectivity index (χ1v) is 15.6. The van der Waals surface area contributed by atoms with Crippen LogP contribution in [0.1, 0.15) is 66.4 Å². The second-order valence-corrected chi connectivity index (χ2v) is 17.5. The Morgan fingerprint density at radius 3 is 2.09 bits per heavy atom. The van der Waals surface area contributed by atoms with E-state index in [1.165, 1.54) is 17.7 Å². The van der Waals surface area contributed by atoms with Crippen molar-refractivity contribution in [3.05, 3.63) is 29.8 Å². The highest BCUT2D eigenvalue weighted by atomic mass is 28.4. The fourth-order valence-electron chi connectivity index (χ4n) is 4.57. The summed E-state index contributed by atoms with van der Waals surface area (Å²) in [7, 11) is -1.68. The van der Waals surface area contributed by atoms with Crippen molar-refractivity contribution in [2.75, 3.05) is 37.7 Å². The van der Waals surface area contributed by atoms with Crippen LogP contribution in [0, 0.1) is 5.41 Å². The minimum atomic E-state index is -1.68. The predicted octanol–water partition coefficient (Wildman–Crippen LogP) is 6.48. The number of likely N-dealkylation sites (tertiary alicyclic amines) is 1. The SMILES string of the molecule is CC(C)(C)OC(=O)N1CCC2(CC1)CCN(c1ccc(CCO[Si](C)(C)C(C)(C)C)cc1)C2. The number of anilines is 1. The van der Waals surface area contributed by atoms with Gasteiger partial charge in [0.1, 0.15) is 5.60 Å². The Morgan fingerprint density at radius 1 is 0.970 bits per heavy atom. The highest BCUT2D eigenvalue weighted by molar-refractivity contribution is 6.74. The molecule has 1 spiro atoms. The maximum atomic E-state index is 12.4. The number of piperidine rings is 1. The predicted molar refractivity (Wildman–Crippen MR) is 140 cm³/mol. The van der Waals surface area contributed by atoms with Gasteiger partial charge in [-0.2, -0.15) is 0 Å². The van der Waals surface area contributed by atoms with E-state index in [1.807, 2.05) is 25.7 Å². The number of rotatable bonds is 5. The van der Waals surface area contributed by atoms with Crippen LogP contribution in [0.5, 0.6) is 0 Å². The van der Waals surface area contributed by atoms with Crippen molar-refractivity contribution in [1.82, 2.24) is 4.90 Å². The third kappa shape index (κ3) is 6.75. The maximum absolute atomic E-state index is 12.4. The van der Waals surface area contributed by atoms with Gasteiger partial charge in [0.15, 0.2) is 8.32 Å². The molecule has 33 heavy (non-hydrogen) atoms. The normalized spacial score (nSPS) is 19.3. The van der Waals surface area contributed by atoms with E-state index in [0.29, 0.717) is 5.41 Å². The first-order chi connectivity index (χ1) is 15.2. The molecule has 2 aliphatic heterocycles. The molecule has 0 aliphatic carbocycles. The van der Waals surface area contributed by atoms with Gasteiger partial charge in [-0.3, -0.25) is 0 Å². The summed E-state index contributed by atoms with van der Waals surface area (Å²) in [5.74, 6) is 0. The van der Waals surface area contributed by atoms with Crippen molar-refractivity contribution in [3.8, 4) is 0 Å². The summed E-state index contributed by atoms with van der Waals surface area (Å²) in [6.07, 6.45) is 4.13. The van der Waals surface area contributed by atoms with Crippen LogP contribution in [0.15, 0.2) is 24.3 Å². The molecule has 2 heterocycles. The molecule has 6 heteroatoms. The van der Waals surface area contributed by atoms with Gasteiger partial charge in [0.25, 0.3) is 0 Å². The molecule has 3 rings (SSSR count). The van der Waals surface area contributed by atoms with Crippen molar-refractivity contribution in [3.63, 3.8) is 0 Å². The zero-order valence-corrected chi connectivity index (χ0v) is 23.3. The number of carbonyl (C=O) groups excluding carboxylic acids is 1. The Hall–Kier alpha value is -1.53. The zero-order valence-electron chi connectivity index (χ0n) is 22.3. The van der Waals surface area contributed by atoms with Gasteiger partial charge < -0.3 is 19.0 Å². The standard InChI is InChI=1S/C27H46N2O3Si/c1-25(2,3)32-24(30)28-17-14-27(15-18-28)16-19-29(21-27)23-11-9-22(10-12-23)13-20-31-33(7,8)26(4,5)6/h9-12H,13-21H2,1-8H3. The lowest BCUT2D eigenvalue weighted by molar-refractivity contribution is 0.0122. The Bertz CT molecular complexity index is 800. The summed E-state index contributed by atoms with van der Waals surface area (Å²) in [6, 6.07) is 9.08. The van der Waals surface area contributed by atoms with Crippen LogP contribution < -0.4 is 4.90 Å². The van der Waals surface area contributed by atoms with Gasteiger partial charge in [-0.05, 0) is 87.7 Å². The van der Waals surface area contributed by atoms with Crippen LogP contribution >= 0.6 is 0 Å². The van der Waals surface area contributed by atoms with Crippen molar-refractivity contribution in [1.29, 1.82) is 0 Å². The monoisotopic (exact) mass is 474 g/mol. The number of amides is 1. The fourth-order valence-corrected chi connectivity index (χ4v) is 5.61. The molecule has 0 atom stereocenters. The van der Waals surface area contributed by atoms with Crippen LogP contribution in [0.2, 0.25) is 18.1 Å². The Kier molecular flexibility index (Phi) is 7.59. The topological polar surface area (TPSA) is 42.0 Å². The first-order valence-electron chi connectivity index (χ1n) is 12.7. The van der Waals surface area contributed by atoms with Crippen molar-refractivity contribution in [2.24, 2.45) is 5.41 Å². The molecular weight excluding hydrogens is 428 g/mol. The molecule has 0 unspecified atom stereocenters. The van der Waals surface area contributed by atoms with E-state index in [4.69, 9.17) is 9.16 Å². The van der Waals surface area contributed by atoms with Gasteiger partial charge in [0.05, 0.1) is 0 Å². The summed E-state index contributed by atoms with van der Waals surface area (Å²) in [6.45, 7) is 21.9. The molecule has 2 fully saturated rings. The number of carbonyl (C=O) groups is 1. The van der Waals surface area contributed by atoms with Crippen LogP contribution in [-0.4, -0.2) is 57.7 Å². The van der Waals surface area contributed by atoms with E-state index in [9.17, 15) is 4.79 Å². The fraction of sp³-hybridized carbons (Fsp3) is 0.741. The maximum Gasteiger partial charge on any atom is 0.410 e. The zero-order chi connectivity index (χ0) is 24.5. The number of ether oxygens (including phenoxy) is 1. The lowest BCUT2D eigenvalue weighted by atomic mass is 9.78. The molecule has 0 saturated carbocycles. The Labute approximate surface area is 202 Å². The molecular formula is C27H46N2O3Si. The van der Waals surface area contributed by atoms with E-state index in [1.54, 1.807) is 0 Å². The van der Waals surface area contributed by atoms with Gasteiger partial charge in [0.2, 0.25) is 0 Å². The molecule has 2 aliphatic rings. The minimum absolute atomic E-state index is 0.166. The van der Waals surface area contributed by atoms with Gasteiger partial charge >= 0.3 is 6.09 Å². The van der Waals surface area contributed by atoms with E-state index < -0.39 is 13.9 Å². The average Bonchev–Trinajstić information content (AvgIpc) is 3.10. The third-order valence-electron chi connectivity index (χ3n) is 7.88. The molecule has 2 saturated heterocycles. The summed E-state index contributed by atoms with van der Waals surface area (Å²) in [4.78, 5) is 16.8. The number of hydrogen-bond donors (Lipinski definition) is 0. The molecule has 1 amide bonds. The van der Waals surface area contributed by atoms with Crippen LogP contribution in [0.3, 0.4) is 0 Å². The quantitative estimate of drug-likeness (QED) is 0.458. The highest BCUT2D eigenvalue weighted by Crippen LogP contribution is 2.42. The molecule has 186 valence electrons. The Morgan fingerprint density at radius 2 is 1.55 bits per heavy atom. The summed E-state index contributed by atoms with van der Waals surface area (Å²) < 4.78 is 11.9. The molecule has 1 aromatic rings. The van der Waals surface area contributed by atoms with E-state index in [2.05, 4.69) is 63.0 Å². The third-order valence-corrected chi connectivity index (χ3v) is 12.4. The smallest absolute Gasteiger partial charge is 0.410 e. The van der Waals surface area contributed by atoms with Crippen molar-refractivity contribution in [2.45, 2.75) is 91.0 Å². The van der Waals surface area contributed by atoms with E-state index >= 15 is 0 Å². The van der Waals surface area contributed by atoms with Crippen LogP contribution in [-0.2, 0) is 15.6 Å². The average molecular weight is 475 g/mol. The molecule has 1 aromatic carbocycles. The van der Waals surface area contributed by atoms with Crippen molar-refractivity contribution < 1.29 is 14.0 Å². The summed E-state index contributed by atoms with van der Waals surface area (Å²) in [5.41, 5.74) is 2.56. The van der Waals surface area contributed by atoms with E-state index in [-0.39, 0.29) is 11.1 Å². The number of nitrogens with zero attached hydrogens (tertiary/aromatic N) is 2. The number of hydrogen-bond acceptors (Lipinski definition) is 4. The molecule has 0 radical (unpaired) electrons.